The van der Waals surface area contributed by atoms with Gasteiger partial charge in [0.25, 0.3) is 11.8 Å². The quantitative estimate of drug-likeness (QED) is 0.610. The van der Waals surface area contributed by atoms with Crippen LogP contribution < -0.4 is 10.1 Å². The van der Waals surface area contributed by atoms with Gasteiger partial charge in [-0.05, 0) is 62.6 Å². The Bertz CT molecular complexity index is 1110. The Kier molecular flexibility index (Phi) is 8.09. The van der Waals surface area contributed by atoms with Crippen molar-refractivity contribution in [2.45, 2.75) is 24.6 Å². The maximum absolute atomic E-state index is 13.7. The fourth-order valence-corrected chi connectivity index (χ4v) is 4.79. The van der Waals surface area contributed by atoms with Crippen LogP contribution in [0.25, 0.3) is 0 Å². The second-order valence-corrected chi connectivity index (χ2v) is 9.57. The smallest absolute Gasteiger partial charge is 0.256 e. The first-order chi connectivity index (χ1) is 17.7. The van der Waals surface area contributed by atoms with Gasteiger partial charge in [0, 0.05) is 50.1 Å². The SMILES string of the molecule is COc1ccc(C(=O)N2CCC3(CC2)OCC(C(=O)NCCN(C)C)N3C(=O)c2ccc(F)cc2)cc1. The van der Waals surface area contributed by atoms with E-state index in [-0.39, 0.29) is 24.0 Å². The highest BCUT2D eigenvalue weighted by Gasteiger charge is 2.54. The molecule has 4 rings (SSSR count). The van der Waals surface area contributed by atoms with Crippen LogP contribution in [0.3, 0.4) is 0 Å². The van der Waals surface area contributed by atoms with Crippen LogP contribution in [0.2, 0.25) is 0 Å². The minimum absolute atomic E-state index is 0.0488. The monoisotopic (exact) mass is 512 g/mol. The highest BCUT2D eigenvalue weighted by molar-refractivity contribution is 5.98. The molecule has 198 valence electrons. The highest BCUT2D eigenvalue weighted by atomic mass is 19.1. The fourth-order valence-electron chi connectivity index (χ4n) is 4.79. The number of hydrogen-bond acceptors (Lipinski definition) is 6. The van der Waals surface area contributed by atoms with Crippen molar-refractivity contribution in [1.29, 1.82) is 0 Å². The summed E-state index contributed by atoms with van der Waals surface area (Å²) in [5.74, 6) is -0.610. The van der Waals surface area contributed by atoms with E-state index in [0.29, 0.717) is 50.3 Å². The minimum Gasteiger partial charge on any atom is -0.497 e. The molecule has 1 spiro atoms. The van der Waals surface area contributed by atoms with E-state index >= 15 is 0 Å². The summed E-state index contributed by atoms with van der Waals surface area (Å²) in [6, 6.07) is 11.3. The van der Waals surface area contributed by atoms with Gasteiger partial charge < -0.3 is 24.6 Å². The number of carbonyl (C=O) groups is 3. The molecular weight excluding hydrogens is 479 g/mol. The predicted octanol–water partition coefficient (Wildman–Crippen LogP) is 1.99. The van der Waals surface area contributed by atoms with E-state index < -0.39 is 23.5 Å². The Morgan fingerprint density at radius 2 is 1.62 bits per heavy atom. The molecule has 2 aromatic rings. The summed E-state index contributed by atoms with van der Waals surface area (Å²) in [4.78, 5) is 45.0. The third-order valence-corrected chi connectivity index (χ3v) is 6.90. The van der Waals surface area contributed by atoms with Gasteiger partial charge in [0.05, 0.1) is 13.7 Å². The molecule has 1 N–H and O–H groups in total. The molecule has 1 atom stereocenters. The number of likely N-dealkylation sites (N-methyl/N-ethyl adjacent to an activating group) is 1. The number of rotatable bonds is 7. The molecule has 2 aliphatic rings. The van der Waals surface area contributed by atoms with Crippen LogP contribution in [-0.2, 0) is 9.53 Å². The van der Waals surface area contributed by atoms with Gasteiger partial charge in [0.2, 0.25) is 5.91 Å². The second-order valence-electron chi connectivity index (χ2n) is 9.57. The summed E-state index contributed by atoms with van der Waals surface area (Å²) in [6.45, 7) is 1.84. The van der Waals surface area contributed by atoms with Crippen molar-refractivity contribution in [2.24, 2.45) is 0 Å². The first-order valence-electron chi connectivity index (χ1n) is 12.3. The topological polar surface area (TPSA) is 91.4 Å². The molecule has 0 radical (unpaired) electrons. The molecule has 0 aliphatic carbocycles. The lowest BCUT2D eigenvalue weighted by molar-refractivity contribution is -0.128. The van der Waals surface area contributed by atoms with Gasteiger partial charge in [0.15, 0.2) is 0 Å². The van der Waals surface area contributed by atoms with Crippen molar-refractivity contribution in [1.82, 2.24) is 20.0 Å². The van der Waals surface area contributed by atoms with E-state index in [1.165, 1.54) is 29.2 Å². The van der Waals surface area contributed by atoms with Crippen molar-refractivity contribution in [2.75, 3.05) is 54.0 Å². The third kappa shape index (κ3) is 5.75. The molecular formula is C27H33FN4O5. The van der Waals surface area contributed by atoms with Gasteiger partial charge in [0.1, 0.15) is 23.3 Å². The summed E-state index contributed by atoms with van der Waals surface area (Å²) >= 11 is 0. The van der Waals surface area contributed by atoms with Crippen LogP contribution in [0.1, 0.15) is 33.6 Å². The predicted molar refractivity (Wildman–Crippen MR) is 135 cm³/mol. The summed E-state index contributed by atoms with van der Waals surface area (Å²) < 4.78 is 24.9. The summed E-state index contributed by atoms with van der Waals surface area (Å²) in [6.07, 6.45) is 0.701. The van der Waals surface area contributed by atoms with E-state index in [1.54, 1.807) is 36.3 Å². The molecule has 2 aliphatic heterocycles. The molecule has 2 aromatic carbocycles. The number of carbonyl (C=O) groups excluding carboxylic acids is 3. The number of piperidine rings is 1. The zero-order valence-electron chi connectivity index (χ0n) is 21.4. The van der Waals surface area contributed by atoms with Crippen molar-refractivity contribution >= 4 is 17.7 Å². The van der Waals surface area contributed by atoms with Crippen LogP contribution in [-0.4, -0.2) is 98.2 Å². The van der Waals surface area contributed by atoms with Crippen LogP contribution in [0, 0.1) is 5.82 Å². The van der Waals surface area contributed by atoms with Crippen LogP contribution in [0.15, 0.2) is 48.5 Å². The Labute approximate surface area is 216 Å². The molecule has 0 bridgehead atoms. The minimum atomic E-state index is -1.04. The first-order valence-corrected chi connectivity index (χ1v) is 12.3. The van der Waals surface area contributed by atoms with Crippen molar-refractivity contribution < 1.29 is 28.2 Å². The number of likely N-dealkylation sites (tertiary alicyclic amines) is 1. The van der Waals surface area contributed by atoms with Crippen LogP contribution in [0.4, 0.5) is 4.39 Å². The lowest BCUT2D eigenvalue weighted by Gasteiger charge is -2.44. The Hall–Kier alpha value is -3.50. The maximum atomic E-state index is 13.7. The molecule has 10 heteroatoms. The van der Waals surface area contributed by atoms with Gasteiger partial charge >= 0.3 is 0 Å². The van der Waals surface area contributed by atoms with Gasteiger partial charge in [-0.3, -0.25) is 19.3 Å². The Balaban J connectivity index is 1.52. The molecule has 2 fully saturated rings. The Morgan fingerprint density at radius 3 is 2.22 bits per heavy atom. The number of amides is 3. The molecule has 0 saturated carbocycles. The van der Waals surface area contributed by atoms with Crippen molar-refractivity contribution in [3.63, 3.8) is 0 Å². The lowest BCUT2D eigenvalue weighted by Crippen LogP contribution is -2.60. The Morgan fingerprint density at radius 1 is 1.03 bits per heavy atom. The van der Waals surface area contributed by atoms with E-state index in [0.717, 1.165) is 0 Å². The summed E-state index contributed by atoms with van der Waals surface area (Å²) in [7, 11) is 5.38. The molecule has 2 saturated heterocycles. The van der Waals surface area contributed by atoms with Crippen LogP contribution >= 0.6 is 0 Å². The van der Waals surface area contributed by atoms with Crippen molar-refractivity contribution in [3.8, 4) is 5.75 Å². The largest absolute Gasteiger partial charge is 0.497 e. The average Bonchev–Trinajstić information content (AvgIpc) is 3.27. The maximum Gasteiger partial charge on any atom is 0.256 e. The summed E-state index contributed by atoms with van der Waals surface area (Å²) in [5.41, 5.74) is -0.221. The third-order valence-electron chi connectivity index (χ3n) is 6.90. The second kappa shape index (κ2) is 11.3. The van der Waals surface area contributed by atoms with Crippen LogP contribution in [0.5, 0.6) is 5.75 Å². The van der Waals surface area contributed by atoms with Gasteiger partial charge in [-0.15, -0.1) is 0 Å². The molecule has 2 heterocycles. The van der Waals surface area contributed by atoms with E-state index in [2.05, 4.69) is 5.32 Å². The zero-order chi connectivity index (χ0) is 26.6. The first kappa shape index (κ1) is 26.6. The molecule has 0 aromatic heterocycles. The number of halogens is 1. The lowest BCUT2D eigenvalue weighted by atomic mass is 9.96. The number of nitrogens with zero attached hydrogens (tertiary/aromatic N) is 3. The molecule has 37 heavy (non-hydrogen) atoms. The molecule has 1 unspecified atom stereocenters. The fraction of sp³-hybridized carbons (Fsp3) is 0.444. The highest BCUT2D eigenvalue weighted by Crippen LogP contribution is 2.39. The number of ether oxygens (including phenoxy) is 2. The van der Waals surface area contributed by atoms with Crippen molar-refractivity contribution in [3.05, 3.63) is 65.5 Å². The molecule has 3 amide bonds. The zero-order valence-corrected chi connectivity index (χ0v) is 21.4. The van der Waals surface area contributed by atoms with Gasteiger partial charge in [-0.1, -0.05) is 0 Å². The van der Waals surface area contributed by atoms with E-state index in [1.807, 2.05) is 19.0 Å². The number of nitrogens with one attached hydrogen (secondary N) is 1. The van der Waals surface area contributed by atoms with E-state index in [4.69, 9.17) is 9.47 Å². The average molecular weight is 513 g/mol. The van der Waals surface area contributed by atoms with E-state index in [9.17, 15) is 18.8 Å². The van der Waals surface area contributed by atoms with Gasteiger partial charge in [-0.2, -0.15) is 0 Å². The van der Waals surface area contributed by atoms with Gasteiger partial charge in [-0.25, -0.2) is 4.39 Å². The number of methoxy groups -OCH3 is 1. The summed E-state index contributed by atoms with van der Waals surface area (Å²) in [5, 5.41) is 2.89. The number of benzene rings is 2. The standard InChI is InChI=1S/C27H33FN4O5/c1-30(2)17-14-29-24(33)23-18-37-27(32(23)26(35)20-4-8-21(28)9-5-20)12-15-31(16-13-27)25(34)19-6-10-22(36-3)11-7-19/h4-11,23H,12-18H2,1-3H3,(H,29,33). The molecule has 9 nitrogen and oxygen atoms in total. The number of hydrogen-bond donors (Lipinski definition) is 1. The normalized spacial score (nSPS) is 18.8.